The highest BCUT2D eigenvalue weighted by Gasteiger charge is 2.56. The topological polar surface area (TPSA) is 60.8 Å². The Balaban J connectivity index is 1.68. The van der Waals surface area contributed by atoms with Crippen molar-refractivity contribution in [1.29, 1.82) is 0 Å². The minimum Gasteiger partial charge on any atom is -0.507 e. The Kier molecular flexibility index (Phi) is 10.4. The first-order valence-electron chi connectivity index (χ1n) is 16.2. The number of carbonyl (C=O) groups is 1. The van der Waals surface area contributed by atoms with Gasteiger partial charge in [-0.15, -0.1) is 6.42 Å². The third-order valence-corrected chi connectivity index (χ3v) is 10.7. The summed E-state index contributed by atoms with van der Waals surface area (Å²) in [6, 6.07) is 3.92. The molecule has 0 aromatic heterocycles. The molecule has 40 heavy (non-hydrogen) atoms. The molecule has 1 aromatic carbocycles. The van der Waals surface area contributed by atoms with Gasteiger partial charge in [-0.3, -0.25) is 4.79 Å². The number of aliphatic hydroxyl groups excluding tert-OH is 1. The lowest BCUT2D eigenvalue weighted by Gasteiger charge is -2.54. The number of aliphatic hydroxyl groups is 1. The number of unbranched alkanes of at least 4 members (excludes halogenated alkanes) is 7. The Morgan fingerprint density at radius 3 is 2.50 bits per heavy atom. The zero-order valence-electron chi connectivity index (χ0n) is 25.5. The molecule has 3 aliphatic rings. The van der Waals surface area contributed by atoms with Gasteiger partial charge in [-0.25, -0.2) is 0 Å². The van der Waals surface area contributed by atoms with Crippen LogP contribution in [-0.2, 0) is 11.2 Å². The van der Waals surface area contributed by atoms with Crippen molar-refractivity contribution in [3.63, 3.8) is 0 Å². The number of fused-ring (bicyclic) bond motifs is 5. The van der Waals surface area contributed by atoms with Crippen LogP contribution in [0, 0.1) is 41.4 Å². The summed E-state index contributed by atoms with van der Waals surface area (Å²) in [7, 11) is 1.99. The maximum atomic E-state index is 14.2. The Morgan fingerprint density at radius 2 is 1.80 bits per heavy atom. The summed E-state index contributed by atoms with van der Waals surface area (Å²) >= 11 is 0. The van der Waals surface area contributed by atoms with E-state index in [-0.39, 0.29) is 46.7 Å². The number of phenols is 1. The first-order valence-corrected chi connectivity index (χ1v) is 16.2. The van der Waals surface area contributed by atoms with Crippen LogP contribution in [0.2, 0.25) is 0 Å². The van der Waals surface area contributed by atoms with Crippen LogP contribution >= 0.6 is 0 Å². The maximum Gasteiger partial charge on any atom is 0.225 e. The van der Waals surface area contributed by atoms with Gasteiger partial charge >= 0.3 is 0 Å². The lowest BCUT2D eigenvalue weighted by molar-refractivity contribution is -0.139. The molecule has 0 saturated heterocycles. The average molecular weight is 548 g/mol. The molecule has 0 spiro atoms. The molecule has 0 aliphatic heterocycles. The lowest BCUT2D eigenvalue weighted by Crippen LogP contribution is -2.51. The van der Waals surface area contributed by atoms with E-state index in [0.29, 0.717) is 5.56 Å². The second-order valence-corrected chi connectivity index (χ2v) is 13.3. The normalized spacial score (nSPS) is 29.2. The summed E-state index contributed by atoms with van der Waals surface area (Å²) in [6.45, 7) is 7.47. The number of terminal acetylenes is 1. The van der Waals surface area contributed by atoms with E-state index in [9.17, 15) is 15.0 Å². The van der Waals surface area contributed by atoms with E-state index >= 15 is 0 Å². The highest BCUT2D eigenvalue weighted by Crippen LogP contribution is 2.61. The third-order valence-electron chi connectivity index (χ3n) is 10.7. The molecular formula is C36H53NO3. The predicted octanol–water partition coefficient (Wildman–Crippen LogP) is 7.61. The van der Waals surface area contributed by atoms with Gasteiger partial charge in [0.1, 0.15) is 5.75 Å². The monoisotopic (exact) mass is 547 g/mol. The van der Waals surface area contributed by atoms with Crippen molar-refractivity contribution >= 4 is 5.91 Å². The number of rotatable bonds is 13. The smallest absolute Gasteiger partial charge is 0.225 e. The van der Waals surface area contributed by atoms with Crippen LogP contribution in [0.5, 0.6) is 5.75 Å². The van der Waals surface area contributed by atoms with Gasteiger partial charge in [-0.05, 0) is 79.0 Å². The molecule has 0 bridgehead atoms. The molecule has 0 radical (unpaired) electrons. The molecule has 1 saturated carbocycles. The lowest BCUT2D eigenvalue weighted by atomic mass is 9.50. The van der Waals surface area contributed by atoms with Crippen molar-refractivity contribution in [2.45, 2.75) is 116 Å². The van der Waals surface area contributed by atoms with E-state index in [1.807, 2.05) is 30.2 Å². The highest BCUT2D eigenvalue weighted by molar-refractivity contribution is 5.79. The average Bonchev–Trinajstić information content (AvgIpc) is 3.26. The van der Waals surface area contributed by atoms with Crippen molar-refractivity contribution in [3.05, 3.63) is 41.0 Å². The highest BCUT2D eigenvalue weighted by atomic mass is 16.3. The molecule has 2 N–H and O–H groups in total. The van der Waals surface area contributed by atoms with Crippen LogP contribution in [0.25, 0.3) is 0 Å². The molecule has 1 amide bonds. The Hall–Kier alpha value is -2.25. The number of benzene rings is 1. The van der Waals surface area contributed by atoms with Gasteiger partial charge < -0.3 is 15.1 Å². The van der Waals surface area contributed by atoms with Crippen molar-refractivity contribution < 1.29 is 15.0 Å². The summed E-state index contributed by atoms with van der Waals surface area (Å²) in [5.41, 5.74) is 2.78. The van der Waals surface area contributed by atoms with E-state index in [4.69, 9.17) is 6.42 Å². The van der Waals surface area contributed by atoms with Crippen molar-refractivity contribution in [2.75, 3.05) is 13.6 Å². The SMILES string of the molecule is C#Cc1cc2c(cc1O)C[C@H](C(CCCCCCCCC)C(=O)N(C)CCCC)C1C2CC[C@@]2(C)C1C=C[C@@H]2O. The molecule has 220 valence electrons. The maximum absolute atomic E-state index is 14.2. The summed E-state index contributed by atoms with van der Waals surface area (Å²) in [4.78, 5) is 16.2. The zero-order chi connectivity index (χ0) is 28.9. The number of phenolic OH excluding ortho intramolecular Hbond substituents is 1. The number of amides is 1. The number of carbonyl (C=O) groups excluding carboxylic acids is 1. The van der Waals surface area contributed by atoms with Crippen molar-refractivity contribution in [2.24, 2.45) is 29.1 Å². The van der Waals surface area contributed by atoms with Gasteiger partial charge in [-0.2, -0.15) is 0 Å². The van der Waals surface area contributed by atoms with Crippen LogP contribution in [0.4, 0.5) is 0 Å². The van der Waals surface area contributed by atoms with E-state index in [2.05, 4.69) is 32.8 Å². The summed E-state index contributed by atoms with van der Waals surface area (Å²) < 4.78 is 0. The molecule has 1 aromatic rings. The Bertz CT molecular complexity index is 1090. The summed E-state index contributed by atoms with van der Waals surface area (Å²) in [6.07, 6.45) is 23.9. The first-order chi connectivity index (χ1) is 19.3. The summed E-state index contributed by atoms with van der Waals surface area (Å²) in [5.74, 6) is 4.03. The van der Waals surface area contributed by atoms with Crippen LogP contribution in [-0.4, -0.2) is 40.7 Å². The quantitative estimate of drug-likeness (QED) is 0.152. The van der Waals surface area contributed by atoms with Gasteiger partial charge in [0.2, 0.25) is 5.91 Å². The second-order valence-electron chi connectivity index (χ2n) is 13.3. The predicted molar refractivity (Wildman–Crippen MR) is 164 cm³/mol. The fraction of sp³-hybridized carbons (Fsp3) is 0.694. The largest absolute Gasteiger partial charge is 0.507 e. The molecule has 4 nitrogen and oxygen atoms in total. The van der Waals surface area contributed by atoms with Gasteiger partial charge in [-0.1, -0.05) is 90.2 Å². The van der Waals surface area contributed by atoms with Gasteiger partial charge in [0, 0.05) is 24.9 Å². The number of hydrogen-bond donors (Lipinski definition) is 2. The van der Waals surface area contributed by atoms with Gasteiger partial charge in [0.15, 0.2) is 0 Å². The molecule has 4 unspecified atom stereocenters. The van der Waals surface area contributed by atoms with E-state index in [1.165, 1.54) is 44.1 Å². The van der Waals surface area contributed by atoms with E-state index in [0.717, 1.165) is 57.1 Å². The van der Waals surface area contributed by atoms with Crippen LogP contribution in [0.1, 0.15) is 120 Å². The first kappa shape index (κ1) is 30.7. The number of nitrogens with zero attached hydrogens (tertiary/aromatic N) is 1. The molecule has 0 heterocycles. The number of aromatic hydroxyl groups is 1. The Labute approximate surface area is 243 Å². The van der Waals surface area contributed by atoms with Crippen molar-refractivity contribution in [1.82, 2.24) is 4.90 Å². The van der Waals surface area contributed by atoms with Crippen molar-refractivity contribution in [3.8, 4) is 18.1 Å². The molecule has 3 aliphatic carbocycles. The third kappa shape index (κ3) is 6.15. The standard InChI is InChI=1S/C36H53NO3/c1-6-9-11-12-13-14-15-16-28(35(40)37(5)21-10-7-2)30-23-26-24-32(38)25(8-3)22-29(26)27-19-20-36(4)31(34(27)30)17-18-33(36)39/h3,17-18,22,24,27-28,30-31,33-34,38-39H,6-7,9-16,19-21,23H2,1-2,4-5H3/t27?,28?,30-,31?,33+,34?,36+/m1/s1. The number of allylic oxidation sites excluding steroid dienone is 1. The fourth-order valence-corrected chi connectivity index (χ4v) is 8.30. The molecule has 4 rings (SSSR count). The minimum atomic E-state index is -0.439. The summed E-state index contributed by atoms with van der Waals surface area (Å²) in [5, 5.41) is 21.8. The second kappa shape index (κ2) is 13.6. The van der Waals surface area contributed by atoms with E-state index < -0.39 is 6.10 Å². The zero-order valence-corrected chi connectivity index (χ0v) is 25.5. The molecule has 7 atom stereocenters. The minimum absolute atomic E-state index is 0.0545. The molecule has 4 heteroatoms. The van der Waals surface area contributed by atoms with Crippen LogP contribution < -0.4 is 0 Å². The van der Waals surface area contributed by atoms with Gasteiger partial charge in [0.25, 0.3) is 0 Å². The van der Waals surface area contributed by atoms with Crippen LogP contribution in [0.3, 0.4) is 0 Å². The van der Waals surface area contributed by atoms with Gasteiger partial charge in [0.05, 0.1) is 11.7 Å². The number of hydrogen-bond acceptors (Lipinski definition) is 3. The van der Waals surface area contributed by atoms with E-state index in [1.54, 1.807) is 0 Å². The Morgan fingerprint density at radius 1 is 1.10 bits per heavy atom. The fourth-order valence-electron chi connectivity index (χ4n) is 8.30. The molecular weight excluding hydrogens is 494 g/mol. The van der Waals surface area contributed by atoms with Crippen LogP contribution in [0.15, 0.2) is 24.3 Å². The molecule has 1 fully saturated rings.